The Morgan fingerprint density at radius 1 is 0.367 bits per heavy atom. The highest BCUT2D eigenvalue weighted by atomic mass is 19.4. The molecule has 0 nitrogen and oxygen atoms in total. The summed E-state index contributed by atoms with van der Waals surface area (Å²) in [5, 5.41) is 0. The van der Waals surface area contributed by atoms with Crippen LogP contribution in [0.3, 0.4) is 0 Å². The van der Waals surface area contributed by atoms with Gasteiger partial charge in [0, 0.05) is 16.7 Å². The molecule has 49 heavy (non-hydrogen) atoms. The van der Waals surface area contributed by atoms with Gasteiger partial charge in [0.2, 0.25) is 0 Å². The normalized spacial score (nSPS) is 16.1. The lowest BCUT2D eigenvalue weighted by Gasteiger charge is -2.39. The Labute approximate surface area is 252 Å². The highest BCUT2D eigenvalue weighted by Gasteiger charge is 2.85. The fourth-order valence-corrected chi connectivity index (χ4v) is 3.69. The van der Waals surface area contributed by atoms with Gasteiger partial charge < -0.3 is 0 Å². The molecule has 1 aromatic carbocycles. The third-order valence-electron chi connectivity index (χ3n) is 6.34. The lowest BCUT2D eigenvalue weighted by molar-refractivity contribution is -0.401. The second-order valence-electron chi connectivity index (χ2n) is 10.3. The molecule has 0 aliphatic carbocycles. The molecule has 27 heteroatoms. The van der Waals surface area contributed by atoms with Crippen LogP contribution in [0.15, 0.2) is 12.1 Å². The van der Waals surface area contributed by atoms with Gasteiger partial charge in [-0.1, -0.05) is 13.8 Å². The van der Waals surface area contributed by atoms with Gasteiger partial charge in [0.15, 0.2) is 0 Å². The van der Waals surface area contributed by atoms with Crippen molar-refractivity contribution in [3.05, 3.63) is 34.4 Å². The Balaban J connectivity index is 4.81. The van der Waals surface area contributed by atoms with Crippen LogP contribution in [-0.2, 0) is 24.2 Å². The molecule has 0 atom stereocenters. The van der Waals surface area contributed by atoms with E-state index in [2.05, 4.69) is 0 Å². The summed E-state index contributed by atoms with van der Waals surface area (Å²) in [6, 6.07) is -4.25. The van der Waals surface area contributed by atoms with Crippen molar-refractivity contribution in [2.24, 2.45) is 5.92 Å². The van der Waals surface area contributed by atoms with Crippen molar-refractivity contribution >= 4 is 0 Å². The summed E-state index contributed by atoms with van der Waals surface area (Å²) >= 11 is 0. The molecule has 288 valence electrons. The highest BCUT2D eigenvalue weighted by molar-refractivity contribution is 5.48. The van der Waals surface area contributed by atoms with E-state index < -0.39 is 119 Å². The van der Waals surface area contributed by atoms with E-state index >= 15 is 0 Å². The molecule has 0 saturated carbocycles. The van der Waals surface area contributed by atoms with Gasteiger partial charge in [0.1, 0.15) is 0 Å². The molecule has 0 unspecified atom stereocenters. The third kappa shape index (κ3) is 6.29. The van der Waals surface area contributed by atoms with E-state index in [0.29, 0.717) is 13.8 Å². The Morgan fingerprint density at radius 3 is 0.796 bits per heavy atom. The number of hydrogen-bond donors (Lipinski definition) is 0. The lowest BCUT2D eigenvalue weighted by Crippen LogP contribution is -2.61. The molecule has 0 fully saturated rings. The van der Waals surface area contributed by atoms with E-state index in [1.165, 1.54) is 0 Å². The Morgan fingerprint density at radius 2 is 0.592 bits per heavy atom. The minimum absolute atomic E-state index is 0.412. The average Bonchev–Trinajstić information content (AvgIpc) is 2.85. The molecule has 0 aliphatic rings. The predicted octanol–water partition coefficient (Wildman–Crippen LogP) is 11.7. The Bertz CT molecular complexity index is 1280. The van der Waals surface area contributed by atoms with Crippen LogP contribution in [0.25, 0.3) is 0 Å². The zero-order valence-corrected chi connectivity index (χ0v) is 22.6. The first-order valence-electron chi connectivity index (χ1n) is 11.7. The van der Waals surface area contributed by atoms with E-state index in [1.807, 2.05) is 0 Å². The van der Waals surface area contributed by atoms with Crippen LogP contribution in [0.5, 0.6) is 0 Å². The molecule has 0 saturated heterocycles. The molecule has 0 aromatic heterocycles. The van der Waals surface area contributed by atoms with Crippen LogP contribution < -0.4 is 0 Å². The van der Waals surface area contributed by atoms with Gasteiger partial charge in [-0.15, -0.1) is 0 Å². The number of halogens is 27. The van der Waals surface area contributed by atoms with E-state index in [0.717, 1.165) is 0 Å². The highest BCUT2D eigenvalue weighted by Crippen LogP contribution is 2.63. The summed E-state index contributed by atoms with van der Waals surface area (Å²) in [7, 11) is 0. The molecule has 1 rings (SSSR count). The zero-order chi connectivity index (χ0) is 40.0. The van der Waals surface area contributed by atoms with Crippen LogP contribution in [0.4, 0.5) is 119 Å². The Kier molecular flexibility index (Phi) is 10.6. The van der Waals surface area contributed by atoms with E-state index in [4.69, 9.17) is 0 Å². The monoisotopic (exact) mass is 788 g/mol. The van der Waals surface area contributed by atoms with Gasteiger partial charge in [-0.05, 0) is 30.0 Å². The fourth-order valence-electron chi connectivity index (χ4n) is 3.69. The van der Waals surface area contributed by atoms with Crippen LogP contribution >= 0.6 is 0 Å². The SMILES string of the molecule is CC(C)Cc1c(C(F)(F)C(F)(F)C(F)(F)C(F)(F)F)cc(C(F)(F)C(F)(F)C(F)(F)C(F)(F)F)cc1C(F)(F)C(F)(F)C(F)(F)C(F)(F)F. The average molecular weight is 788 g/mol. The van der Waals surface area contributed by atoms with E-state index in [-0.39, 0.29) is 0 Å². The first-order chi connectivity index (χ1) is 20.9. The maximum atomic E-state index is 15.0. The maximum Gasteiger partial charge on any atom is 0.460 e. The Hall–Kier alpha value is -2.67. The summed E-state index contributed by atoms with van der Waals surface area (Å²) < 4.78 is 369. The largest absolute Gasteiger partial charge is 0.460 e. The van der Waals surface area contributed by atoms with E-state index in [1.54, 1.807) is 0 Å². The van der Waals surface area contributed by atoms with Crippen molar-refractivity contribution in [3.8, 4) is 0 Å². The van der Waals surface area contributed by atoms with Gasteiger partial charge in [-0.3, -0.25) is 0 Å². The van der Waals surface area contributed by atoms with Crippen molar-refractivity contribution in [1.29, 1.82) is 0 Å². The summed E-state index contributed by atoms with van der Waals surface area (Å²) in [5.41, 5.74) is -15.8. The molecule has 1 aromatic rings. The van der Waals surface area contributed by atoms with Gasteiger partial charge in [-0.25, -0.2) is 0 Å². The molecule has 0 radical (unpaired) electrons. The summed E-state index contributed by atoms with van der Waals surface area (Å²) in [4.78, 5) is 0. The van der Waals surface area contributed by atoms with Gasteiger partial charge in [0.05, 0.1) is 0 Å². The second-order valence-corrected chi connectivity index (χ2v) is 10.3. The standard InChI is InChI=1S/C22H11F27/c1-6(2)3-8-9(12(25,26)15(31,32)18(37,38)21(44,45)46)4-7(11(23,24)14(29,30)17(35,36)20(41,42)43)5-10(8)13(27,28)16(33,34)19(39,40)22(47,48)49/h4-6H,3H2,1-2H3. The number of alkyl halides is 27. The van der Waals surface area contributed by atoms with Crippen molar-refractivity contribution in [1.82, 2.24) is 0 Å². The quantitative estimate of drug-likeness (QED) is 0.196. The minimum atomic E-state index is -8.32. The van der Waals surface area contributed by atoms with Gasteiger partial charge in [0.25, 0.3) is 0 Å². The van der Waals surface area contributed by atoms with Gasteiger partial charge in [-0.2, -0.15) is 119 Å². The molecule has 0 spiro atoms. The van der Waals surface area contributed by atoms with Crippen molar-refractivity contribution < 1.29 is 119 Å². The van der Waals surface area contributed by atoms with Crippen LogP contribution in [-0.4, -0.2) is 54.1 Å². The van der Waals surface area contributed by atoms with Crippen molar-refractivity contribution in [2.45, 2.75) is 92.1 Å². The van der Waals surface area contributed by atoms with Crippen LogP contribution in [0, 0.1) is 5.92 Å². The molecule has 0 N–H and O–H groups in total. The summed E-state index contributed by atoms with van der Waals surface area (Å²) in [5.74, 6) is -75.3. The lowest BCUT2D eigenvalue weighted by atomic mass is 9.80. The van der Waals surface area contributed by atoms with E-state index in [9.17, 15) is 119 Å². The van der Waals surface area contributed by atoms with Crippen molar-refractivity contribution in [3.63, 3.8) is 0 Å². The number of rotatable bonds is 11. The topological polar surface area (TPSA) is 0 Å². The molecule has 0 amide bonds. The molecular weight excluding hydrogens is 777 g/mol. The second kappa shape index (κ2) is 11.7. The molecule has 0 heterocycles. The summed E-state index contributed by atoms with van der Waals surface area (Å²) in [6.07, 6.45) is -26.1. The van der Waals surface area contributed by atoms with Crippen molar-refractivity contribution in [2.75, 3.05) is 0 Å². The number of hydrogen-bond acceptors (Lipinski definition) is 0. The summed E-state index contributed by atoms with van der Waals surface area (Å²) in [6.45, 7) is 0.824. The molecule has 0 aliphatic heterocycles. The zero-order valence-electron chi connectivity index (χ0n) is 22.6. The first-order valence-corrected chi connectivity index (χ1v) is 11.7. The van der Waals surface area contributed by atoms with Gasteiger partial charge >= 0.3 is 71.8 Å². The fraction of sp³-hybridized carbons (Fsp3) is 0.727. The van der Waals surface area contributed by atoms with Crippen LogP contribution in [0.2, 0.25) is 0 Å². The number of benzene rings is 1. The first kappa shape index (κ1) is 44.4. The minimum Gasteiger partial charge on any atom is -0.194 e. The molecular formula is C22H11F27. The predicted molar refractivity (Wildman–Crippen MR) is 105 cm³/mol. The smallest absolute Gasteiger partial charge is 0.194 e. The maximum absolute atomic E-state index is 15.0. The molecule has 0 bridgehead atoms. The third-order valence-corrected chi connectivity index (χ3v) is 6.34. The van der Waals surface area contributed by atoms with Crippen LogP contribution in [0.1, 0.15) is 36.1 Å².